The van der Waals surface area contributed by atoms with Crippen LogP contribution in [0.2, 0.25) is 0 Å². The summed E-state index contributed by atoms with van der Waals surface area (Å²) in [5.41, 5.74) is 1.59. The van der Waals surface area contributed by atoms with Gasteiger partial charge in [-0.2, -0.15) is 0 Å². The quantitative estimate of drug-likeness (QED) is 0.687. The van der Waals surface area contributed by atoms with Crippen LogP contribution in [0.15, 0.2) is 63.3 Å². The highest BCUT2D eigenvalue weighted by molar-refractivity contribution is 5.82. The first-order chi connectivity index (χ1) is 11.2. The normalized spacial score (nSPS) is 12.4. The highest BCUT2D eigenvalue weighted by Gasteiger charge is 2.04. The predicted molar refractivity (Wildman–Crippen MR) is 97.1 cm³/mol. The molecule has 1 aromatic heterocycles. The maximum absolute atomic E-state index is 11.1. The van der Waals surface area contributed by atoms with Crippen molar-refractivity contribution in [3.63, 3.8) is 0 Å². The van der Waals surface area contributed by atoms with E-state index < -0.39 is 0 Å². The minimum atomic E-state index is -0.382. The van der Waals surface area contributed by atoms with Crippen LogP contribution >= 0.6 is 0 Å². The van der Waals surface area contributed by atoms with Gasteiger partial charge in [0.05, 0.1) is 18.1 Å². The van der Waals surface area contributed by atoms with Gasteiger partial charge >= 0.3 is 5.63 Å². The molecule has 0 saturated carbocycles. The van der Waals surface area contributed by atoms with Crippen LogP contribution in [0.5, 0.6) is 5.75 Å². The summed E-state index contributed by atoms with van der Waals surface area (Å²) in [5, 5.41) is 0.828. The monoisotopic (exact) mass is 314 g/mol. The second-order valence-corrected chi connectivity index (χ2v) is 4.79. The van der Waals surface area contributed by atoms with Crippen LogP contribution in [0.1, 0.15) is 40.5 Å². The lowest BCUT2D eigenvalue weighted by Gasteiger charge is -2.04. The lowest BCUT2D eigenvalue weighted by Crippen LogP contribution is -2.00. The van der Waals surface area contributed by atoms with E-state index in [0.29, 0.717) is 17.9 Å². The van der Waals surface area contributed by atoms with Crippen molar-refractivity contribution >= 4 is 11.0 Å². The third kappa shape index (κ3) is 6.15. The Balaban J connectivity index is 0.000000247. The van der Waals surface area contributed by atoms with E-state index in [2.05, 4.69) is 25.2 Å². The molecule has 1 heterocycles. The van der Waals surface area contributed by atoms with Crippen molar-refractivity contribution in [2.75, 3.05) is 6.61 Å². The number of rotatable bonds is 2. The number of allylic oxidation sites excluding steroid dienone is 4. The van der Waals surface area contributed by atoms with Crippen LogP contribution in [0.3, 0.4) is 0 Å². The molecule has 0 N–H and O–H groups in total. The van der Waals surface area contributed by atoms with Crippen molar-refractivity contribution in [1.29, 1.82) is 0 Å². The van der Waals surface area contributed by atoms with E-state index in [-0.39, 0.29) is 5.63 Å². The van der Waals surface area contributed by atoms with E-state index in [1.165, 1.54) is 24.5 Å². The lowest BCUT2D eigenvalue weighted by atomic mass is 10.1. The zero-order valence-corrected chi connectivity index (χ0v) is 14.5. The molecule has 1 aliphatic carbocycles. The summed E-state index contributed by atoms with van der Waals surface area (Å²) < 4.78 is 10.4. The summed E-state index contributed by atoms with van der Waals surface area (Å²) in [7, 11) is 0. The molecule has 0 aliphatic heterocycles. The van der Waals surface area contributed by atoms with Crippen molar-refractivity contribution in [2.24, 2.45) is 0 Å². The Bertz CT molecular complexity index is 708. The highest BCUT2D eigenvalue weighted by atomic mass is 16.5. The third-order valence-corrected chi connectivity index (χ3v) is 3.09. The molecule has 2 aromatic rings. The van der Waals surface area contributed by atoms with Gasteiger partial charge in [-0.3, -0.25) is 0 Å². The molecule has 3 nitrogen and oxygen atoms in total. The topological polar surface area (TPSA) is 39.4 Å². The number of para-hydroxylation sites is 1. The fourth-order valence-electron chi connectivity index (χ4n) is 2.10. The molecule has 3 rings (SSSR count). The second kappa shape index (κ2) is 10.4. The number of benzene rings is 1. The number of ether oxygens (including phenoxy) is 1. The first-order valence-electron chi connectivity index (χ1n) is 8.19. The van der Waals surface area contributed by atoms with E-state index in [1.54, 1.807) is 6.07 Å². The average Bonchev–Trinajstić information content (AvgIpc) is 2.58. The Morgan fingerprint density at radius 1 is 1.17 bits per heavy atom. The lowest BCUT2D eigenvalue weighted by molar-refractivity contribution is 0.341. The molecule has 0 bridgehead atoms. The largest absolute Gasteiger partial charge is 0.493 e. The Morgan fingerprint density at radius 3 is 2.48 bits per heavy atom. The second-order valence-electron chi connectivity index (χ2n) is 4.79. The minimum absolute atomic E-state index is 0.382. The van der Waals surface area contributed by atoms with Crippen molar-refractivity contribution in [2.45, 2.75) is 40.5 Å². The molecular weight excluding hydrogens is 288 g/mol. The number of hydrogen-bond acceptors (Lipinski definition) is 3. The Labute approximate surface area is 138 Å². The van der Waals surface area contributed by atoms with Gasteiger partial charge in [-0.15, -0.1) is 0 Å². The summed E-state index contributed by atoms with van der Waals surface area (Å²) in [4.78, 5) is 11.1. The molecule has 0 radical (unpaired) electrons. The summed E-state index contributed by atoms with van der Waals surface area (Å²) in [6.45, 7) is 8.55. The van der Waals surface area contributed by atoms with Crippen LogP contribution < -0.4 is 10.4 Å². The molecule has 0 atom stereocenters. The van der Waals surface area contributed by atoms with Crippen molar-refractivity contribution in [3.05, 3.63) is 64.6 Å². The summed E-state index contributed by atoms with van der Waals surface area (Å²) in [5.74, 6) is 0.583. The molecule has 1 aliphatic rings. The molecule has 0 unspecified atom stereocenters. The SMILES string of the molecule is CC.CC1=CCCC=C1.CCOc1cc(=O)oc2ccccc12. The Morgan fingerprint density at radius 2 is 1.91 bits per heavy atom. The predicted octanol–water partition coefficient (Wildman–Crippen LogP) is 5.50. The van der Waals surface area contributed by atoms with Gasteiger partial charge in [0.15, 0.2) is 0 Å². The molecule has 124 valence electrons. The number of fused-ring (bicyclic) bond motifs is 1. The maximum atomic E-state index is 11.1. The fraction of sp³-hybridized carbons (Fsp3) is 0.350. The molecule has 0 fully saturated rings. The molecule has 0 amide bonds. The van der Waals surface area contributed by atoms with E-state index in [1.807, 2.05) is 39.0 Å². The van der Waals surface area contributed by atoms with Crippen molar-refractivity contribution in [1.82, 2.24) is 0 Å². The average molecular weight is 314 g/mol. The van der Waals surface area contributed by atoms with Crippen molar-refractivity contribution in [3.8, 4) is 5.75 Å². The molecule has 23 heavy (non-hydrogen) atoms. The summed E-state index contributed by atoms with van der Waals surface area (Å²) >= 11 is 0. The van der Waals surface area contributed by atoms with E-state index >= 15 is 0 Å². The van der Waals surface area contributed by atoms with Crippen LogP contribution in [-0.2, 0) is 0 Å². The zero-order valence-electron chi connectivity index (χ0n) is 14.5. The molecule has 0 saturated heterocycles. The molecule has 1 aromatic carbocycles. The van der Waals surface area contributed by atoms with Crippen LogP contribution in [0.25, 0.3) is 11.0 Å². The highest BCUT2D eigenvalue weighted by Crippen LogP contribution is 2.22. The van der Waals surface area contributed by atoms with Gasteiger partial charge in [-0.05, 0) is 38.8 Å². The van der Waals surface area contributed by atoms with Gasteiger partial charge in [0.25, 0.3) is 0 Å². The molecule has 3 heteroatoms. The molecular formula is C20H26O3. The van der Waals surface area contributed by atoms with Crippen LogP contribution in [0, 0.1) is 0 Å². The first kappa shape index (κ1) is 18.8. The van der Waals surface area contributed by atoms with E-state index in [9.17, 15) is 4.79 Å². The van der Waals surface area contributed by atoms with Gasteiger partial charge in [0, 0.05) is 0 Å². The van der Waals surface area contributed by atoms with Crippen LogP contribution in [-0.4, -0.2) is 6.61 Å². The van der Waals surface area contributed by atoms with E-state index in [0.717, 1.165) is 5.39 Å². The van der Waals surface area contributed by atoms with Gasteiger partial charge < -0.3 is 9.15 Å². The zero-order chi connectivity index (χ0) is 17.1. The maximum Gasteiger partial charge on any atom is 0.339 e. The van der Waals surface area contributed by atoms with Gasteiger partial charge in [-0.25, -0.2) is 4.79 Å². The third-order valence-electron chi connectivity index (χ3n) is 3.09. The van der Waals surface area contributed by atoms with Gasteiger partial charge in [-0.1, -0.05) is 49.8 Å². The van der Waals surface area contributed by atoms with Gasteiger partial charge in [0.2, 0.25) is 0 Å². The van der Waals surface area contributed by atoms with Crippen LogP contribution in [0.4, 0.5) is 0 Å². The first-order valence-corrected chi connectivity index (χ1v) is 8.19. The standard InChI is InChI=1S/C11H10O3.C7H10.C2H6/c1-2-13-10-7-11(12)14-9-6-4-3-5-8(9)10;1-7-5-3-2-4-6-7;1-2/h3-7H,2H2,1H3;3,5-6H,2,4H2,1H3;1-2H3. The summed E-state index contributed by atoms with van der Waals surface area (Å²) in [6.07, 6.45) is 9.12. The number of hydrogen-bond donors (Lipinski definition) is 0. The summed E-state index contributed by atoms with van der Waals surface area (Å²) in [6, 6.07) is 8.68. The van der Waals surface area contributed by atoms with Crippen molar-refractivity contribution < 1.29 is 9.15 Å². The Kier molecular flexibility index (Phi) is 8.51. The van der Waals surface area contributed by atoms with E-state index in [4.69, 9.17) is 9.15 Å². The Hall–Kier alpha value is -2.29. The minimum Gasteiger partial charge on any atom is -0.493 e. The smallest absolute Gasteiger partial charge is 0.339 e. The molecule has 0 spiro atoms. The fourth-order valence-corrected chi connectivity index (χ4v) is 2.10. The van der Waals surface area contributed by atoms with Gasteiger partial charge in [0.1, 0.15) is 11.3 Å².